The van der Waals surface area contributed by atoms with Crippen molar-refractivity contribution in [1.82, 2.24) is 20.4 Å². The summed E-state index contributed by atoms with van der Waals surface area (Å²) in [6, 6.07) is 15.2. The molecule has 1 aromatic heterocycles. The number of nitrogens with zero attached hydrogens (tertiary/aromatic N) is 2. The van der Waals surface area contributed by atoms with Crippen LogP contribution in [-0.2, 0) is 6.54 Å². The Labute approximate surface area is 181 Å². The van der Waals surface area contributed by atoms with Gasteiger partial charge in [0.25, 0.3) is 5.91 Å². The molecule has 1 aliphatic rings. The Morgan fingerprint density at radius 1 is 1.17 bits per heavy atom. The van der Waals surface area contributed by atoms with Gasteiger partial charge in [0.1, 0.15) is 5.75 Å². The van der Waals surface area contributed by atoms with Crippen LogP contribution < -0.4 is 15.4 Å². The molecule has 2 heterocycles. The zero-order valence-electron chi connectivity index (χ0n) is 16.9. The third-order valence-electron chi connectivity index (χ3n) is 5.46. The van der Waals surface area contributed by atoms with Crippen LogP contribution in [0.4, 0.5) is 0 Å². The van der Waals surface area contributed by atoms with Crippen molar-refractivity contribution >= 4 is 17.5 Å². The predicted molar refractivity (Wildman–Crippen MR) is 118 cm³/mol. The Hall–Kier alpha value is -2.83. The minimum atomic E-state index is -0.112. The molecule has 2 N–H and O–H groups in total. The number of hydrogen-bond acceptors (Lipinski definition) is 4. The predicted octanol–water partition coefficient (Wildman–Crippen LogP) is 3.93. The molecular formula is C23H25ClN4O2. The Bertz CT molecular complexity index is 993. The molecule has 3 aromatic rings. The number of halogens is 1. The molecule has 7 heteroatoms. The first-order valence-electron chi connectivity index (χ1n) is 10.1. The van der Waals surface area contributed by atoms with E-state index in [4.69, 9.17) is 16.3 Å². The molecule has 1 aliphatic heterocycles. The lowest BCUT2D eigenvalue weighted by Gasteiger charge is -2.24. The van der Waals surface area contributed by atoms with E-state index in [1.807, 2.05) is 53.2 Å². The van der Waals surface area contributed by atoms with E-state index >= 15 is 0 Å². The standard InChI is InChI=1S/C23H25ClN4O2/c1-30-20-8-2-16(3-9-20)14-26-23(29)21-15-27-28(19-6-4-18(24)5-7-19)22(21)17-10-12-25-13-11-17/h2-9,15,17,25H,10-14H2,1H3,(H,26,29). The number of methoxy groups -OCH3 is 1. The molecule has 0 bridgehead atoms. The van der Waals surface area contributed by atoms with Gasteiger partial charge in [0, 0.05) is 17.5 Å². The van der Waals surface area contributed by atoms with Crippen LogP contribution in [0.1, 0.15) is 40.4 Å². The molecule has 1 fully saturated rings. The van der Waals surface area contributed by atoms with Crippen LogP contribution in [0.3, 0.4) is 0 Å². The average molecular weight is 425 g/mol. The van der Waals surface area contributed by atoms with E-state index in [0.717, 1.165) is 48.6 Å². The number of carbonyl (C=O) groups excluding carboxylic acids is 1. The van der Waals surface area contributed by atoms with Crippen molar-refractivity contribution in [2.45, 2.75) is 25.3 Å². The van der Waals surface area contributed by atoms with E-state index in [1.54, 1.807) is 13.3 Å². The van der Waals surface area contributed by atoms with Crippen LogP contribution in [0.2, 0.25) is 5.02 Å². The smallest absolute Gasteiger partial charge is 0.255 e. The lowest BCUT2D eigenvalue weighted by molar-refractivity contribution is 0.0949. The third-order valence-corrected chi connectivity index (χ3v) is 5.71. The topological polar surface area (TPSA) is 68.2 Å². The van der Waals surface area contributed by atoms with Gasteiger partial charge in [-0.25, -0.2) is 4.68 Å². The highest BCUT2D eigenvalue weighted by Gasteiger charge is 2.27. The van der Waals surface area contributed by atoms with Crippen LogP contribution >= 0.6 is 11.6 Å². The second-order valence-electron chi connectivity index (χ2n) is 7.39. The van der Waals surface area contributed by atoms with Crippen LogP contribution in [-0.4, -0.2) is 35.9 Å². The number of piperidine rings is 1. The first-order valence-corrected chi connectivity index (χ1v) is 10.5. The monoisotopic (exact) mass is 424 g/mol. The number of aromatic nitrogens is 2. The van der Waals surface area contributed by atoms with E-state index in [9.17, 15) is 4.79 Å². The van der Waals surface area contributed by atoms with Gasteiger partial charge in [-0.05, 0) is 67.9 Å². The SMILES string of the molecule is COc1ccc(CNC(=O)c2cnn(-c3ccc(Cl)cc3)c2C2CCNCC2)cc1. The van der Waals surface area contributed by atoms with E-state index < -0.39 is 0 Å². The molecule has 0 saturated carbocycles. The molecule has 6 nitrogen and oxygen atoms in total. The largest absolute Gasteiger partial charge is 0.497 e. The fraction of sp³-hybridized carbons (Fsp3) is 0.304. The van der Waals surface area contributed by atoms with Gasteiger partial charge in [-0.1, -0.05) is 23.7 Å². The first kappa shape index (κ1) is 20.4. The fourth-order valence-electron chi connectivity index (χ4n) is 3.83. The molecule has 0 unspecified atom stereocenters. The summed E-state index contributed by atoms with van der Waals surface area (Å²) < 4.78 is 7.07. The van der Waals surface area contributed by atoms with Gasteiger partial charge in [0.2, 0.25) is 0 Å². The van der Waals surface area contributed by atoms with Crippen molar-refractivity contribution in [2.75, 3.05) is 20.2 Å². The molecule has 0 atom stereocenters. The van der Waals surface area contributed by atoms with Crippen molar-refractivity contribution in [1.29, 1.82) is 0 Å². The maximum absolute atomic E-state index is 13.1. The lowest BCUT2D eigenvalue weighted by atomic mass is 9.91. The highest BCUT2D eigenvalue weighted by molar-refractivity contribution is 6.30. The van der Waals surface area contributed by atoms with Crippen molar-refractivity contribution in [3.05, 3.63) is 76.6 Å². The number of amides is 1. The third kappa shape index (κ3) is 4.50. The molecule has 0 aliphatic carbocycles. The van der Waals surface area contributed by atoms with E-state index in [0.29, 0.717) is 17.1 Å². The van der Waals surface area contributed by atoms with Crippen molar-refractivity contribution in [2.24, 2.45) is 0 Å². The summed E-state index contributed by atoms with van der Waals surface area (Å²) in [5, 5.41) is 11.7. The highest BCUT2D eigenvalue weighted by Crippen LogP contribution is 2.30. The van der Waals surface area contributed by atoms with Gasteiger partial charge in [0.15, 0.2) is 0 Å². The number of benzene rings is 2. The van der Waals surface area contributed by atoms with Gasteiger partial charge in [0.05, 0.1) is 30.3 Å². The molecule has 0 spiro atoms. The number of rotatable bonds is 6. The Balaban J connectivity index is 1.59. The summed E-state index contributed by atoms with van der Waals surface area (Å²) in [6.07, 6.45) is 3.62. The van der Waals surface area contributed by atoms with Crippen molar-refractivity contribution in [3.8, 4) is 11.4 Å². The summed E-state index contributed by atoms with van der Waals surface area (Å²) in [6.45, 7) is 2.31. The summed E-state index contributed by atoms with van der Waals surface area (Å²) in [7, 11) is 1.64. The van der Waals surface area contributed by atoms with E-state index in [2.05, 4.69) is 15.7 Å². The Kier molecular flexibility index (Phi) is 6.35. The molecule has 30 heavy (non-hydrogen) atoms. The normalized spacial score (nSPS) is 14.5. The first-order chi connectivity index (χ1) is 14.7. The van der Waals surface area contributed by atoms with E-state index in [1.165, 1.54) is 0 Å². The molecule has 2 aromatic carbocycles. The molecule has 1 amide bonds. The average Bonchev–Trinajstić information content (AvgIpc) is 3.24. The zero-order valence-corrected chi connectivity index (χ0v) is 17.7. The molecule has 156 valence electrons. The minimum Gasteiger partial charge on any atom is -0.497 e. The number of hydrogen-bond donors (Lipinski definition) is 2. The molecule has 0 radical (unpaired) electrons. The van der Waals surface area contributed by atoms with Gasteiger partial charge >= 0.3 is 0 Å². The van der Waals surface area contributed by atoms with Crippen LogP contribution in [0.25, 0.3) is 5.69 Å². The number of carbonyl (C=O) groups is 1. The quantitative estimate of drug-likeness (QED) is 0.629. The Morgan fingerprint density at radius 3 is 2.53 bits per heavy atom. The van der Waals surface area contributed by atoms with Crippen molar-refractivity contribution < 1.29 is 9.53 Å². The van der Waals surface area contributed by atoms with Crippen LogP contribution in [0.15, 0.2) is 54.7 Å². The van der Waals surface area contributed by atoms with E-state index in [-0.39, 0.29) is 11.8 Å². The second kappa shape index (κ2) is 9.32. The summed E-state index contributed by atoms with van der Waals surface area (Å²) in [5.74, 6) is 0.952. The minimum absolute atomic E-state index is 0.112. The highest BCUT2D eigenvalue weighted by atomic mass is 35.5. The van der Waals surface area contributed by atoms with Crippen molar-refractivity contribution in [3.63, 3.8) is 0 Å². The maximum atomic E-state index is 13.1. The summed E-state index contributed by atoms with van der Waals surface area (Å²) >= 11 is 6.05. The van der Waals surface area contributed by atoms with Gasteiger partial charge in [-0.15, -0.1) is 0 Å². The molecule has 1 saturated heterocycles. The second-order valence-corrected chi connectivity index (χ2v) is 7.82. The zero-order chi connectivity index (χ0) is 20.9. The summed E-state index contributed by atoms with van der Waals surface area (Å²) in [4.78, 5) is 13.1. The van der Waals surface area contributed by atoms with Gasteiger partial charge in [-0.3, -0.25) is 4.79 Å². The lowest BCUT2D eigenvalue weighted by Crippen LogP contribution is -2.30. The maximum Gasteiger partial charge on any atom is 0.255 e. The van der Waals surface area contributed by atoms with Gasteiger partial charge < -0.3 is 15.4 Å². The van der Waals surface area contributed by atoms with Crippen LogP contribution in [0.5, 0.6) is 5.75 Å². The number of nitrogens with one attached hydrogen (secondary N) is 2. The van der Waals surface area contributed by atoms with Gasteiger partial charge in [-0.2, -0.15) is 5.10 Å². The fourth-order valence-corrected chi connectivity index (χ4v) is 3.96. The molecular weight excluding hydrogens is 400 g/mol. The number of ether oxygens (including phenoxy) is 1. The summed E-state index contributed by atoms with van der Waals surface area (Å²) in [5.41, 5.74) is 3.51. The molecule has 4 rings (SSSR count). The Morgan fingerprint density at radius 2 is 1.87 bits per heavy atom. The van der Waals surface area contributed by atoms with Crippen LogP contribution in [0, 0.1) is 0 Å².